The van der Waals surface area contributed by atoms with Crippen molar-refractivity contribution in [1.29, 1.82) is 0 Å². The molecule has 0 radical (unpaired) electrons. The normalized spacial score (nSPS) is 12.2. The SMILES string of the molecule is CCCCNc1cc(Oc2ccc(N(c3ccc(C)cc3)S(=O)O)c(C(=O)OC)c2)ccc1N(c1ccc(C)cc1)S(=O)O. The van der Waals surface area contributed by atoms with Crippen LogP contribution in [0.2, 0.25) is 0 Å². The molecule has 0 saturated heterocycles. The first-order valence-electron chi connectivity index (χ1n) is 13.9. The van der Waals surface area contributed by atoms with Crippen LogP contribution < -0.4 is 18.7 Å². The average Bonchev–Trinajstić information content (AvgIpc) is 3.00. The van der Waals surface area contributed by atoms with Gasteiger partial charge in [-0.2, -0.15) is 0 Å². The Morgan fingerprint density at radius 2 is 1.27 bits per heavy atom. The molecule has 232 valence electrons. The van der Waals surface area contributed by atoms with Gasteiger partial charge in [0, 0.05) is 12.6 Å². The molecule has 44 heavy (non-hydrogen) atoms. The molecule has 0 spiro atoms. The van der Waals surface area contributed by atoms with E-state index < -0.39 is 28.5 Å². The topological polar surface area (TPSA) is 129 Å². The zero-order valence-electron chi connectivity index (χ0n) is 24.9. The number of anilines is 5. The number of aryl methyl sites for hydroxylation is 2. The summed E-state index contributed by atoms with van der Waals surface area (Å²) in [5, 5.41) is 3.34. The fourth-order valence-electron chi connectivity index (χ4n) is 4.45. The molecule has 0 aromatic heterocycles. The summed E-state index contributed by atoms with van der Waals surface area (Å²) in [6.07, 6.45) is 1.83. The van der Waals surface area contributed by atoms with E-state index in [9.17, 15) is 22.3 Å². The number of ether oxygens (including phenoxy) is 2. The van der Waals surface area contributed by atoms with E-state index in [4.69, 9.17) is 9.47 Å². The van der Waals surface area contributed by atoms with Crippen molar-refractivity contribution in [2.75, 3.05) is 27.6 Å². The summed E-state index contributed by atoms with van der Waals surface area (Å²) >= 11 is -4.86. The van der Waals surface area contributed by atoms with Crippen LogP contribution in [0, 0.1) is 13.8 Å². The largest absolute Gasteiger partial charge is 0.465 e. The van der Waals surface area contributed by atoms with E-state index in [0.29, 0.717) is 35.0 Å². The van der Waals surface area contributed by atoms with Crippen molar-refractivity contribution in [1.82, 2.24) is 0 Å². The van der Waals surface area contributed by atoms with E-state index in [1.807, 2.05) is 26.0 Å². The summed E-state index contributed by atoms with van der Waals surface area (Å²) in [4.78, 5) is 12.8. The van der Waals surface area contributed by atoms with Crippen LogP contribution >= 0.6 is 0 Å². The summed E-state index contributed by atoms with van der Waals surface area (Å²) in [5.74, 6) is -0.0513. The molecule has 12 heteroatoms. The van der Waals surface area contributed by atoms with E-state index in [-0.39, 0.29) is 17.0 Å². The van der Waals surface area contributed by atoms with E-state index in [0.717, 1.165) is 28.3 Å². The maximum Gasteiger partial charge on any atom is 0.340 e. The maximum atomic E-state index is 12.8. The number of rotatable bonds is 13. The predicted molar refractivity (Wildman–Crippen MR) is 176 cm³/mol. The lowest BCUT2D eigenvalue weighted by atomic mass is 10.1. The summed E-state index contributed by atoms with van der Waals surface area (Å²) in [5.41, 5.74) is 4.17. The van der Waals surface area contributed by atoms with E-state index in [1.165, 1.54) is 23.5 Å². The number of unbranched alkanes of at least 4 members (excludes halogenated alkanes) is 1. The van der Waals surface area contributed by atoms with Gasteiger partial charge < -0.3 is 14.8 Å². The Bertz CT molecular complexity index is 1650. The van der Waals surface area contributed by atoms with Crippen LogP contribution in [0.5, 0.6) is 11.5 Å². The van der Waals surface area contributed by atoms with Crippen LogP contribution in [-0.4, -0.2) is 37.1 Å². The molecule has 0 amide bonds. The fourth-order valence-corrected chi connectivity index (χ4v) is 5.71. The van der Waals surface area contributed by atoms with Crippen molar-refractivity contribution in [3.05, 3.63) is 102 Å². The number of carbonyl (C=O) groups excluding carboxylic acids is 1. The lowest BCUT2D eigenvalue weighted by Gasteiger charge is -2.24. The van der Waals surface area contributed by atoms with Crippen molar-refractivity contribution < 1.29 is 31.8 Å². The van der Waals surface area contributed by atoms with E-state index in [2.05, 4.69) is 12.2 Å². The standard InChI is InChI=1S/C32H35N3O7S2/c1-5-6-19-33-29-21-27(16-18-31(29)35(44(39)40)25-13-9-23(3)10-14-25)42-26-15-17-30(28(20-26)32(36)41-4)34(43(37)38)24-11-7-22(2)8-12-24/h7-18,20-21,33H,5-6,19H2,1-4H3,(H,37,38)(H,39,40). The lowest BCUT2D eigenvalue weighted by molar-refractivity contribution is 0.0601. The Morgan fingerprint density at radius 1 is 0.773 bits per heavy atom. The van der Waals surface area contributed by atoms with Gasteiger partial charge in [0.15, 0.2) is 0 Å². The number of benzene rings is 4. The second kappa shape index (κ2) is 15.0. The highest BCUT2D eigenvalue weighted by Gasteiger charge is 2.24. The van der Waals surface area contributed by atoms with Crippen molar-refractivity contribution in [3.8, 4) is 11.5 Å². The third kappa shape index (κ3) is 7.83. The fraction of sp³-hybridized carbons (Fsp3) is 0.219. The van der Waals surface area contributed by atoms with Gasteiger partial charge in [0.2, 0.25) is 0 Å². The highest BCUT2D eigenvalue weighted by atomic mass is 32.2. The van der Waals surface area contributed by atoms with Gasteiger partial charge in [-0.1, -0.05) is 48.7 Å². The second-order valence-corrected chi connectivity index (χ2v) is 11.6. The minimum atomic E-state index is -2.49. The monoisotopic (exact) mass is 637 g/mol. The quantitative estimate of drug-likeness (QED) is 0.0775. The van der Waals surface area contributed by atoms with Gasteiger partial charge in [-0.3, -0.25) is 9.11 Å². The van der Waals surface area contributed by atoms with Gasteiger partial charge in [0.05, 0.1) is 41.1 Å². The van der Waals surface area contributed by atoms with Gasteiger partial charge in [-0.05, 0) is 74.9 Å². The molecule has 4 aromatic rings. The Morgan fingerprint density at radius 3 is 1.77 bits per heavy atom. The number of nitrogens with one attached hydrogen (secondary N) is 1. The van der Waals surface area contributed by atoms with Crippen LogP contribution in [0.25, 0.3) is 0 Å². The molecule has 2 atom stereocenters. The van der Waals surface area contributed by atoms with Crippen LogP contribution in [0.3, 0.4) is 0 Å². The molecule has 0 fully saturated rings. The molecule has 0 aliphatic rings. The summed E-state index contributed by atoms with van der Waals surface area (Å²) in [6, 6.07) is 23.8. The Balaban J connectivity index is 1.73. The van der Waals surface area contributed by atoms with Gasteiger partial charge in [0.1, 0.15) is 11.5 Å². The smallest absolute Gasteiger partial charge is 0.340 e. The van der Waals surface area contributed by atoms with E-state index in [1.54, 1.807) is 60.7 Å². The van der Waals surface area contributed by atoms with Crippen LogP contribution in [-0.2, 0) is 27.3 Å². The van der Waals surface area contributed by atoms with Crippen molar-refractivity contribution in [2.24, 2.45) is 0 Å². The second-order valence-electron chi connectivity index (χ2n) is 9.95. The van der Waals surface area contributed by atoms with Gasteiger partial charge in [-0.25, -0.2) is 21.8 Å². The van der Waals surface area contributed by atoms with Crippen LogP contribution in [0.4, 0.5) is 28.4 Å². The molecule has 2 unspecified atom stereocenters. The minimum absolute atomic E-state index is 0.0205. The number of nitrogens with zero attached hydrogens (tertiary/aromatic N) is 2. The average molecular weight is 638 g/mol. The third-order valence-electron chi connectivity index (χ3n) is 6.71. The molecule has 0 aliphatic carbocycles. The number of hydrogen-bond donors (Lipinski definition) is 3. The van der Waals surface area contributed by atoms with Gasteiger partial charge in [-0.15, -0.1) is 0 Å². The van der Waals surface area contributed by atoms with Crippen molar-refractivity contribution in [2.45, 2.75) is 33.6 Å². The summed E-state index contributed by atoms with van der Waals surface area (Å²) in [7, 11) is 1.23. The third-order valence-corrected chi connectivity index (χ3v) is 8.15. The number of carbonyl (C=O) groups is 1. The highest BCUT2D eigenvalue weighted by Crippen LogP contribution is 2.39. The Labute approximate surface area is 262 Å². The molecular formula is C32H35N3O7S2. The van der Waals surface area contributed by atoms with Crippen molar-refractivity contribution >= 4 is 56.9 Å². The first-order chi connectivity index (χ1) is 21.1. The lowest BCUT2D eigenvalue weighted by Crippen LogP contribution is -2.22. The molecule has 0 saturated carbocycles. The molecule has 4 aromatic carbocycles. The molecule has 0 bridgehead atoms. The predicted octanol–water partition coefficient (Wildman–Crippen LogP) is 7.64. The minimum Gasteiger partial charge on any atom is -0.465 e. The molecule has 0 aliphatic heterocycles. The summed E-state index contributed by atoms with van der Waals surface area (Å²) < 4.78 is 58.9. The zero-order chi connectivity index (χ0) is 31.8. The molecule has 10 nitrogen and oxygen atoms in total. The van der Waals surface area contributed by atoms with Crippen LogP contribution in [0.15, 0.2) is 84.9 Å². The molecule has 4 rings (SSSR count). The van der Waals surface area contributed by atoms with Gasteiger partial charge >= 0.3 is 5.97 Å². The summed E-state index contributed by atoms with van der Waals surface area (Å²) in [6.45, 7) is 6.53. The first-order valence-corrected chi connectivity index (χ1v) is 16.0. The molecule has 3 N–H and O–H groups in total. The van der Waals surface area contributed by atoms with Gasteiger partial charge in [0.25, 0.3) is 22.5 Å². The van der Waals surface area contributed by atoms with E-state index >= 15 is 0 Å². The highest BCUT2D eigenvalue weighted by molar-refractivity contribution is 7.81. The zero-order valence-corrected chi connectivity index (χ0v) is 26.5. The first kappa shape index (κ1) is 32.7. The molecule has 0 heterocycles. The number of methoxy groups -OCH3 is 1. The van der Waals surface area contributed by atoms with Crippen LogP contribution in [0.1, 0.15) is 41.3 Å². The maximum absolute atomic E-state index is 12.8. The van der Waals surface area contributed by atoms with Crippen molar-refractivity contribution in [3.63, 3.8) is 0 Å². The Kier molecular flexibility index (Phi) is 11.1. The molecular weight excluding hydrogens is 603 g/mol. The number of esters is 1. The number of hydrogen-bond acceptors (Lipinski definition) is 6. The Hall–Kier alpha value is -4.23.